The van der Waals surface area contributed by atoms with E-state index in [0.717, 1.165) is 15.5 Å². The molecule has 0 saturated heterocycles. The van der Waals surface area contributed by atoms with Gasteiger partial charge in [-0.1, -0.05) is 12.1 Å². The van der Waals surface area contributed by atoms with Crippen molar-refractivity contribution in [1.29, 1.82) is 0 Å². The van der Waals surface area contributed by atoms with Crippen LogP contribution in [0.4, 0.5) is 0 Å². The van der Waals surface area contributed by atoms with Gasteiger partial charge in [0.2, 0.25) is 15.9 Å². The van der Waals surface area contributed by atoms with Crippen molar-refractivity contribution < 1.29 is 21.6 Å². The molecule has 0 bridgehead atoms. The Bertz CT molecular complexity index is 1060. The van der Waals surface area contributed by atoms with E-state index in [9.17, 15) is 21.6 Å². The van der Waals surface area contributed by atoms with Gasteiger partial charge in [-0.3, -0.25) is 4.79 Å². The van der Waals surface area contributed by atoms with Crippen LogP contribution in [0.25, 0.3) is 0 Å². The van der Waals surface area contributed by atoms with Gasteiger partial charge in [-0.25, -0.2) is 16.8 Å². The highest BCUT2D eigenvalue weighted by Gasteiger charge is 2.23. The molecule has 0 saturated carbocycles. The van der Waals surface area contributed by atoms with Crippen LogP contribution < -0.4 is 5.32 Å². The molecule has 2 rings (SSSR count). The second-order valence-electron chi connectivity index (χ2n) is 6.57. The molecule has 0 aliphatic carbocycles. The van der Waals surface area contributed by atoms with Gasteiger partial charge < -0.3 is 5.32 Å². The largest absolute Gasteiger partial charge is 0.348 e. The number of carbonyl (C=O) groups excluding carboxylic acids is 1. The number of sulfone groups is 1. The van der Waals surface area contributed by atoms with Crippen LogP contribution in [0.1, 0.15) is 18.5 Å². The van der Waals surface area contributed by atoms with Crippen LogP contribution in [-0.4, -0.2) is 53.2 Å². The number of sulfonamides is 1. The zero-order chi connectivity index (χ0) is 21.8. The molecule has 2 aromatic rings. The predicted octanol–water partition coefficient (Wildman–Crippen LogP) is 2.31. The Labute approximate surface area is 176 Å². The number of carbonyl (C=O) groups is 1. The number of hydrogen-bond donors (Lipinski definition) is 1. The third-order valence-corrected chi connectivity index (χ3v) is 8.01. The molecule has 0 aromatic heterocycles. The quantitative estimate of drug-likeness (QED) is 0.612. The first-order valence-electron chi connectivity index (χ1n) is 8.65. The Kier molecular flexibility index (Phi) is 7.50. The fourth-order valence-electron chi connectivity index (χ4n) is 2.59. The van der Waals surface area contributed by atoms with Gasteiger partial charge >= 0.3 is 0 Å². The Morgan fingerprint density at radius 1 is 1.00 bits per heavy atom. The van der Waals surface area contributed by atoms with Crippen molar-refractivity contribution in [3.8, 4) is 0 Å². The maximum absolute atomic E-state index is 12.6. The molecule has 0 aliphatic rings. The third kappa shape index (κ3) is 6.05. The Morgan fingerprint density at radius 3 is 2.00 bits per heavy atom. The number of benzene rings is 2. The molecule has 0 aliphatic heterocycles. The minimum Gasteiger partial charge on any atom is -0.348 e. The number of thioether (sulfide) groups is 1. The molecule has 2 aromatic carbocycles. The maximum atomic E-state index is 12.6. The topological polar surface area (TPSA) is 101 Å². The number of nitrogens with one attached hydrogen (secondary N) is 1. The van der Waals surface area contributed by atoms with Crippen LogP contribution in [-0.2, 0) is 24.7 Å². The van der Waals surface area contributed by atoms with Gasteiger partial charge in [0.15, 0.2) is 9.84 Å². The van der Waals surface area contributed by atoms with Gasteiger partial charge in [0, 0.05) is 18.2 Å². The second kappa shape index (κ2) is 9.29. The number of nitrogens with zero attached hydrogens (tertiary/aromatic N) is 1. The zero-order valence-corrected chi connectivity index (χ0v) is 19.1. The molecule has 10 heteroatoms. The van der Waals surface area contributed by atoms with Gasteiger partial charge in [-0.2, -0.15) is 4.31 Å². The highest BCUT2D eigenvalue weighted by molar-refractivity contribution is 7.98. The van der Waals surface area contributed by atoms with Crippen LogP contribution >= 0.6 is 11.8 Å². The van der Waals surface area contributed by atoms with Crippen molar-refractivity contribution in [1.82, 2.24) is 9.62 Å². The van der Waals surface area contributed by atoms with Crippen LogP contribution in [0.5, 0.6) is 0 Å². The molecular formula is C19H24N2O5S3. The molecule has 1 atom stereocenters. The van der Waals surface area contributed by atoms with Gasteiger partial charge in [0.25, 0.3) is 0 Å². The molecular weight excluding hydrogens is 432 g/mol. The monoisotopic (exact) mass is 456 g/mol. The first-order valence-corrected chi connectivity index (χ1v) is 13.2. The summed E-state index contributed by atoms with van der Waals surface area (Å²) in [5, 5.41) is 2.73. The first-order chi connectivity index (χ1) is 13.4. The SMILES string of the molecule is CSc1ccc(S(=O)(=O)N(C)CC(=O)NC(C)c2ccc(S(C)(=O)=O)cc2)cc1. The molecule has 0 radical (unpaired) electrons. The van der Waals surface area contributed by atoms with Gasteiger partial charge in [0.1, 0.15) is 0 Å². The van der Waals surface area contributed by atoms with E-state index in [2.05, 4.69) is 5.32 Å². The van der Waals surface area contributed by atoms with E-state index < -0.39 is 31.8 Å². The molecule has 1 amide bonds. The molecule has 0 heterocycles. The summed E-state index contributed by atoms with van der Waals surface area (Å²) in [6.45, 7) is 1.40. The molecule has 1 N–H and O–H groups in total. The van der Waals surface area contributed by atoms with E-state index >= 15 is 0 Å². The summed E-state index contributed by atoms with van der Waals surface area (Å²) in [4.78, 5) is 13.6. The van der Waals surface area contributed by atoms with Crippen LogP contribution in [0.2, 0.25) is 0 Å². The van der Waals surface area contributed by atoms with Crippen molar-refractivity contribution >= 4 is 37.5 Å². The minimum absolute atomic E-state index is 0.120. The van der Waals surface area contributed by atoms with E-state index in [0.29, 0.717) is 5.56 Å². The highest BCUT2D eigenvalue weighted by Crippen LogP contribution is 2.20. The lowest BCUT2D eigenvalue weighted by molar-refractivity contribution is -0.121. The number of amides is 1. The summed E-state index contributed by atoms with van der Waals surface area (Å²) in [6.07, 6.45) is 3.02. The Balaban J connectivity index is 2.03. The summed E-state index contributed by atoms with van der Waals surface area (Å²) in [7, 11) is -5.73. The second-order valence-corrected chi connectivity index (χ2v) is 11.5. The van der Waals surface area contributed by atoms with Crippen molar-refractivity contribution in [2.45, 2.75) is 27.7 Å². The van der Waals surface area contributed by atoms with E-state index in [-0.39, 0.29) is 16.3 Å². The van der Waals surface area contributed by atoms with Crippen LogP contribution in [0.3, 0.4) is 0 Å². The van der Waals surface area contributed by atoms with Crippen molar-refractivity contribution in [3.63, 3.8) is 0 Å². The van der Waals surface area contributed by atoms with E-state index in [1.54, 1.807) is 31.2 Å². The summed E-state index contributed by atoms with van der Waals surface area (Å²) in [5.74, 6) is -0.462. The van der Waals surface area contributed by atoms with E-state index in [1.807, 2.05) is 6.26 Å². The first kappa shape index (κ1) is 23.4. The lowest BCUT2D eigenvalue weighted by atomic mass is 10.1. The fraction of sp³-hybridized carbons (Fsp3) is 0.316. The molecule has 0 spiro atoms. The van der Waals surface area contributed by atoms with Gasteiger partial charge in [0.05, 0.1) is 22.4 Å². The predicted molar refractivity (Wildman–Crippen MR) is 114 cm³/mol. The van der Waals surface area contributed by atoms with Gasteiger partial charge in [-0.05, 0) is 55.1 Å². The van der Waals surface area contributed by atoms with Crippen LogP contribution in [0.15, 0.2) is 63.2 Å². The average Bonchev–Trinajstić information content (AvgIpc) is 2.67. The summed E-state index contributed by atoms with van der Waals surface area (Å²) in [5.41, 5.74) is 0.712. The smallest absolute Gasteiger partial charge is 0.243 e. The van der Waals surface area contributed by atoms with E-state index in [1.165, 1.54) is 43.1 Å². The molecule has 1 unspecified atom stereocenters. The third-order valence-electron chi connectivity index (χ3n) is 4.32. The molecule has 0 fully saturated rings. The normalized spacial score (nSPS) is 13.3. The molecule has 7 nitrogen and oxygen atoms in total. The Hall–Kier alpha value is -1.88. The zero-order valence-electron chi connectivity index (χ0n) is 16.6. The lowest BCUT2D eigenvalue weighted by Crippen LogP contribution is -2.39. The van der Waals surface area contributed by atoms with Crippen molar-refractivity contribution in [2.24, 2.45) is 0 Å². The molecule has 29 heavy (non-hydrogen) atoms. The maximum Gasteiger partial charge on any atom is 0.243 e. The molecule has 158 valence electrons. The van der Waals surface area contributed by atoms with Gasteiger partial charge in [-0.15, -0.1) is 11.8 Å². The lowest BCUT2D eigenvalue weighted by Gasteiger charge is -2.19. The number of likely N-dealkylation sites (N-methyl/N-ethyl adjacent to an activating group) is 1. The summed E-state index contributed by atoms with van der Waals surface area (Å²) < 4.78 is 49.3. The van der Waals surface area contributed by atoms with E-state index in [4.69, 9.17) is 0 Å². The standard InChI is InChI=1S/C19H24N2O5S3/c1-14(15-5-9-17(10-6-15)28(4,23)24)20-19(22)13-21(2)29(25,26)18-11-7-16(27-3)8-12-18/h5-12,14H,13H2,1-4H3,(H,20,22). The fourth-order valence-corrected chi connectivity index (χ4v) is 4.75. The summed E-state index contributed by atoms with van der Waals surface area (Å²) >= 11 is 1.51. The minimum atomic E-state index is -3.78. The summed E-state index contributed by atoms with van der Waals surface area (Å²) in [6, 6.07) is 12.2. The number of hydrogen-bond acceptors (Lipinski definition) is 6. The highest BCUT2D eigenvalue weighted by atomic mass is 32.2. The number of rotatable bonds is 8. The van der Waals surface area contributed by atoms with Crippen molar-refractivity contribution in [2.75, 3.05) is 26.1 Å². The average molecular weight is 457 g/mol. The Morgan fingerprint density at radius 2 is 1.52 bits per heavy atom. The van der Waals surface area contributed by atoms with Crippen LogP contribution in [0, 0.1) is 0 Å². The van der Waals surface area contributed by atoms with Crippen molar-refractivity contribution in [3.05, 3.63) is 54.1 Å².